The molecule has 7 heteroatoms. The minimum absolute atomic E-state index is 0.180. The highest BCUT2D eigenvalue weighted by Gasteiger charge is 2.38. The number of carbonyl (C=O) groups excluding carboxylic acids is 2. The molecule has 0 spiro atoms. The van der Waals surface area contributed by atoms with E-state index < -0.39 is 0 Å². The molecule has 0 radical (unpaired) electrons. The van der Waals surface area contributed by atoms with Gasteiger partial charge in [0.2, 0.25) is 0 Å². The topological polar surface area (TPSA) is 62.3 Å². The van der Waals surface area contributed by atoms with E-state index in [-0.39, 0.29) is 18.4 Å². The molecule has 0 unspecified atom stereocenters. The molecule has 7 nitrogen and oxygen atoms in total. The molecule has 0 bridgehead atoms. The molecular weight excluding hydrogens is 454 g/mol. The zero-order valence-corrected chi connectivity index (χ0v) is 20.8. The lowest BCUT2D eigenvalue weighted by molar-refractivity contribution is 0.0642. The number of carbonyl (C=O) groups is 2. The first kappa shape index (κ1) is 23.9. The number of benzene rings is 3. The summed E-state index contributed by atoms with van der Waals surface area (Å²) < 4.78 is 10.7. The highest BCUT2D eigenvalue weighted by atomic mass is 16.5. The lowest BCUT2D eigenvalue weighted by Crippen LogP contribution is -2.47. The number of imide groups is 1. The maximum atomic E-state index is 13.5. The van der Waals surface area contributed by atoms with Crippen LogP contribution in [0.4, 0.5) is 5.69 Å². The van der Waals surface area contributed by atoms with Crippen LogP contribution in [0.25, 0.3) is 0 Å². The molecule has 186 valence electrons. The second kappa shape index (κ2) is 10.4. The summed E-state index contributed by atoms with van der Waals surface area (Å²) in [4.78, 5) is 32.7. The monoisotopic (exact) mass is 485 g/mol. The van der Waals surface area contributed by atoms with Crippen molar-refractivity contribution in [1.82, 2.24) is 9.80 Å². The van der Waals surface area contributed by atoms with Gasteiger partial charge in [0.1, 0.15) is 0 Å². The van der Waals surface area contributed by atoms with Crippen molar-refractivity contribution in [3.05, 3.63) is 89.0 Å². The van der Waals surface area contributed by atoms with Crippen LogP contribution in [0, 0.1) is 0 Å². The van der Waals surface area contributed by atoms with Crippen molar-refractivity contribution in [1.29, 1.82) is 0 Å². The summed E-state index contributed by atoms with van der Waals surface area (Å²) in [5.74, 6) is 0.672. The molecule has 0 N–H and O–H groups in total. The average Bonchev–Trinajstić information content (AvgIpc) is 3.17. The Morgan fingerprint density at radius 1 is 0.750 bits per heavy atom. The SMILES string of the molecule is COc1ccc(CN2C(=O)c3cccc(N4CCN(CCc5ccccc5)CC4)c3C2=O)cc1OC. The number of ether oxygens (including phenoxy) is 2. The maximum Gasteiger partial charge on any atom is 0.263 e. The van der Waals surface area contributed by atoms with Crippen molar-refractivity contribution in [2.24, 2.45) is 0 Å². The van der Waals surface area contributed by atoms with Crippen LogP contribution >= 0.6 is 0 Å². The fraction of sp³-hybridized carbons (Fsp3) is 0.310. The van der Waals surface area contributed by atoms with Crippen molar-refractivity contribution in [2.45, 2.75) is 13.0 Å². The van der Waals surface area contributed by atoms with E-state index in [1.165, 1.54) is 10.5 Å². The second-order valence-corrected chi connectivity index (χ2v) is 9.15. The molecule has 1 fully saturated rings. The summed E-state index contributed by atoms with van der Waals surface area (Å²) in [7, 11) is 3.14. The molecule has 36 heavy (non-hydrogen) atoms. The van der Waals surface area contributed by atoms with Gasteiger partial charge >= 0.3 is 0 Å². The van der Waals surface area contributed by atoms with Gasteiger partial charge in [-0.25, -0.2) is 0 Å². The number of fused-ring (bicyclic) bond motifs is 1. The average molecular weight is 486 g/mol. The summed E-state index contributed by atoms with van der Waals surface area (Å²) in [5.41, 5.74) is 3.99. The predicted octanol–water partition coefficient (Wildman–Crippen LogP) is 3.86. The van der Waals surface area contributed by atoms with Gasteiger partial charge in [0, 0.05) is 32.7 Å². The third-order valence-corrected chi connectivity index (χ3v) is 7.04. The summed E-state index contributed by atoms with van der Waals surface area (Å²) in [5, 5.41) is 0. The third-order valence-electron chi connectivity index (χ3n) is 7.04. The van der Waals surface area contributed by atoms with Gasteiger partial charge in [0.15, 0.2) is 11.5 Å². The van der Waals surface area contributed by atoms with E-state index >= 15 is 0 Å². The van der Waals surface area contributed by atoms with E-state index in [9.17, 15) is 9.59 Å². The normalized spacial score (nSPS) is 15.8. The Morgan fingerprint density at radius 3 is 2.22 bits per heavy atom. The molecule has 1 saturated heterocycles. The molecule has 3 aromatic rings. The molecule has 2 aliphatic rings. The Labute approximate surface area is 211 Å². The number of rotatable bonds is 8. The van der Waals surface area contributed by atoms with Crippen molar-refractivity contribution >= 4 is 17.5 Å². The van der Waals surface area contributed by atoms with Crippen LogP contribution in [0.2, 0.25) is 0 Å². The first-order chi connectivity index (χ1) is 17.6. The fourth-order valence-corrected chi connectivity index (χ4v) is 5.03. The molecule has 5 rings (SSSR count). The van der Waals surface area contributed by atoms with Gasteiger partial charge in [0.25, 0.3) is 11.8 Å². The minimum Gasteiger partial charge on any atom is -0.493 e. The van der Waals surface area contributed by atoms with Crippen molar-refractivity contribution in [3.63, 3.8) is 0 Å². The third kappa shape index (κ3) is 4.66. The van der Waals surface area contributed by atoms with Crippen molar-refractivity contribution in [2.75, 3.05) is 51.8 Å². The number of hydrogen-bond acceptors (Lipinski definition) is 6. The number of amides is 2. The number of nitrogens with zero attached hydrogens (tertiary/aromatic N) is 3. The van der Waals surface area contributed by atoms with Crippen LogP contribution < -0.4 is 14.4 Å². The summed E-state index contributed by atoms with van der Waals surface area (Å²) in [6.07, 6.45) is 1.03. The lowest BCUT2D eigenvalue weighted by Gasteiger charge is -2.36. The zero-order chi connectivity index (χ0) is 25.1. The van der Waals surface area contributed by atoms with E-state index in [4.69, 9.17) is 9.47 Å². The van der Waals surface area contributed by atoms with Crippen molar-refractivity contribution in [3.8, 4) is 11.5 Å². The molecule has 0 atom stereocenters. The first-order valence-electron chi connectivity index (χ1n) is 12.3. The molecule has 2 heterocycles. The molecule has 2 aliphatic heterocycles. The Morgan fingerprint density at radius 2 is 1.50 bits per heavy atom. The molecule has 0 aromatic heterocycles. The van der Waals surface area contributed by atoms with Crippen LogP contribution in [0.15, 0.2) is 66.7 Å². The largest absolute Gasteiger partial charge is 0.493 e. The van der Waals surface area contributed by atoms with Gasteiger partial charge in [-0.15, -0.1) is 0 Å². The zero-order valence-electron chi connectivity index (χ0n) is 20.8. The summed E-state index contributed by atoms with van der Waals surface area (Å²) in [6, 6.07) is 21.6. The van der Waals surface area contributed by atoms with Gasteiger partial charge in [0.05, 0.1) is 37.6 Å². The predicted molar refractivity (Wildman–Crippen MR) is 139 cm³/mol. The second-order valence-electron chi connectivity index (χ2n) is 9.15. The number of hydrogen-bond donors (Lipinski definition) is 0. The van der Waals surface area contributed by atoms with Gasteiger partial charge < -0.3 is 14.4 Å². The summed E-state index contributed by atoms with van der Waals surface area (Å²) in [6.45, 7) is 4.69. The quantitative estimate of drug-likeness (QED) is 0.452. The van der Waals surface area contributed by atoms with Crippen LogP contribution in [-0.4, -0.2) is 68.6 Å². The van der Waals surface area contributed by atoms with E-state index in [0.29, 0.717) is 22.6 Å². The molecule has 0 aliphatic carbocycles. The maximum absolute atomic E-state index is 13.5. The number of anilines is 1. The highest BCUT2D eigenvalue weighted by molar-refractivity contribution is 6.23. The van der Waals surface area contributed by atoms with Crippen LogP contribution in [0.3, 0.4) is 0 Å². The van der Waals surface area contributed by atoms with Crippen LogP contribution in [-0.2, 0) is 13.0 Å². The van der Waals surface area contributed by atoms with Gasteiger partial charge in [-0.1, -0.05) is 42.5 Å². The van der Waals surface area contributed by atoms with Crippen LogP contribution in [0.1, 0.15) is 31.8 Å². The molecular formula is C29H31N3O4. The van der Waals surface area contributed by atoms with Gasteiger partial charge in [-0.3, -0.25) is 19.4 Å². The standard InChI is InChI=1S/C29H31N3O4/c1-35-25-12-11-22(19-26(25)36-2)20-32-28(33)23-9-6-10-24(27(23)29(32)34)31-17-15-30(16-18-31)14-13-21-7-4-3-5-8-21/h3-12,19H,13-18,20H2,1-2H3. The lowest BCUT2D eigenvalue weighted by atomic mass is 10.1. The van der Waals surface area contributed by atoms with Crippen molar-refractivity contribution < 1.29 is 19.1 Å². The van der Waals surface area contributed by atoms with E-state index in [0.717, 1.165) is 50.4 Å². The van der Waals surface area contributed by atoms with Gasteiger partial charge in [-0.2, -0.15) is 0 Å². The Balaban J connectivity index is 1.28. The van der Waals surface area contributed by atoms with E-state index in [1.807, 2.05) is 24.3 Å². The number of piperazine rings is 1. The van der Waals surface area contributed by atoms with Gasteiger partial charge in [-0.05, 0) is 41.8 Å². The summed E-state index contributed by atoms with van der Waals surface area (Å²) >= 11 is 0. The molecule has 0 saturated carbocycles. The number of methoxy groups -OCH3 is 2. The van der Waals surface area contributed by atoms with Crippen LogP contribution in [0.5, 0.6) is 11.5 Å². The molecule has 2 amide bonds. The Kier molecular flexibility index (Phi) is 6.91. The van der Waals surface area contributed by atoms with E-state index in [1.54, 1.807) is 32.4 Å². The Hall–Kier alpha value is -3.84. The Bertz CT molecular complexity index is 1250. The minimum atomic E-state index is -0.256. The fourth-order valence-electron chi connectivity index (χ4n) is 5.03. The first-order valence-corrected chi connectivity index (χ1v) is 12.3. The highest BCUT2D eigenvalue weighted by Crippen LogP contribution is 2.34. The smallest absolute Gasteiger partial charge is 0.263 e. The molecule has 3 aromatic carbocycles. The van der Waals surface area contributed by atoms with E-state index in [2.05, 4.69) is 34.1 Å².